The van der Waals surface area contributed by atoms with Crippen molar-refractivity contribution in [2.75, 3.05) is 0 Å². The molecule has 0 aliphatic carbocycles. The molecule has 0 radical (unpaired) electrons. The summed E-state index contributed by atoms with van der Waals surface area (Å²) in [5, 5.41) is 4.44. The Bertz CT molecular complexity index is 321. The molecule has 0 saturated heterocycles. The maximum Gasteiger partial charge on any atom is 2.00 e. The Labute approximate surface area is 106 Å². The van der Waals surface area contributed by atoms with Gasteiger partial charge in [0.05, 0.1) is 0 Å². The van der Waals surface area contributed by atoms with E-state index in [1.54, 1.807) is 0 Å². The van der Waals surface area contributed by atoms with Gasteiger partial charge < -0.3 is 12.7 Å². The van der Waals surface area contributed by atoms with E-state index >= 15 is 0 Å². The van der Waals surface area contributed by atoms with E-state index in [1.165, 1.54) is 0 Å². The topological polar surface area (TPSA) is 14.1 Å². The number of hydrogen-bond donors (Lipinski definition) is 0. The molecule has 2 heteroatoms. The van der Waals surface area contributed by atoms with E-state index in [2.05, 4.69) is 5.32 Å². The summed E-state index contributed by atoms with van der Waals surface area (Å²) in [6.07, 6.45) is 0. The van der Waals surface area contributed by atoms with Crippen LogP contribution >= 0.6 is 0 Å². The largest absolute Gasteiger partial charge is 2.00 e. The Morgan fingerprint density at radius 1 is 0.600 bits per heavy atom. The molecule has 0 bridgehead atoms. The molecule has 0 heterocycles. The molecule has 0 saturated carbocycles. The number of hydrogen-bond acceptors (Lipinski definition) is 0. The third kappa shape index (κ3) is 4.33. The van der Waals surface area contributed by atoms with Gasteiger partial charge in [-0.15, -0.1) is 11.4 Å². The molecule has 0 aliphatic rings. The Morgan fingerprint density at radius 2 is 0.933 bits per heavy atom. The summed E-state index contributed by atoms with van der Waals surface area (Å²) in [6, 6.07) is 19.9. The van der Waals surface area contributed by atoms with Gasteiger partial charge >= 0.3 is 21.7 Å². The van der Waals surface area contributed by atoms with Gasteiger partial charge in [0.1, 0.15) is 0 Å². The summed E-state index contributed by atoms with van der Waals surface area (Å²) in [4.78, 5) is 0. The van der Waals surface area contributed by atoms with E-state index in [0.29, 0.717) is 0 Å². The van der Waals surface area contributed by atoms with Crippen molar-refractivity contribution >= 4 is 11.4 Å². The average Bonchev–Trinajstić information content (AvgIpc) is 2.21. The molecular weight excluding hydrogens is 218 g/mol. The first kappa shape index (κ1) is 14.0. The van der Waals surface area contributed by atoms with E-state index in [0.717, 1.165) is 11.4 Å². The molecule has 2 aromatic carbocycles. The van der Waals surface area contributed by atoms with Gasteiger partial charge in [0.2, 0.25) is 0 Å². The van der Waals surface area contributed by atoms with Crippen molar-refractivity contribution < 1.29 is 21.7 Å². The predicted octanol–water partition coefficient (Wildman–Crippen LogP) is 4.47. The second-order valence-electron chi connectivity index (χ2n) is 2.78. The molecule has 0 atom stereocenters. The molecular formula is C13H13NTi. The molecule has 15 heavy (non-hydrogen) atoms. The average molecular weight is 231 g/mol. The quantitative estimate of drug-likeness (QED) is 0.534. The summed E-state index contributed by atoms with van der Waals surface area (Å²) in [5.41, 5.74) is 1.99. The van der Waals surface area contributed by atoms with Crippen LogP contribution < -0.4 is 0 Å². The minimum absolute atomic E-state index is 0. The van der Waals surface area contributed by atoms with E-state index in [9.17, 15) is 0 Å². The van der Waals surface area contributed by atoms with Crippen LogP contribution in [0.25, 0.3) is 5.32 Å². The van der Waals surface area contributed by atoms with Crippen LogP contribution in [0.4, 0.5) is 11.4 Å². The molecule has 0 aromatic heterocycles. The number of rotatable bonds is 2. The van der Waals surface area contributed by atoms with E-state index in [-0.39, 0.29) is 29.1 Å². The molecule has 2 aromatic rings. The van der Waals surface area contributed by atoms with Gasteiger partial charge in [-0.1, -0.05) is 60.7 Å². The van der Waals surface area contributed by atoms with Gasteiger partial charge in [-0.3, -0.25) is 0 Å². The predicted molar refractivity (Wildman–Crippen MR) is 62.0 cm³/mol. The Balaban J connectivity index is 0.000000980. The minimum atomic E-state index is 0. The third-order valence-corrected chi connectivity index (χ3v) is 1.77. The smallest absolute Gasteiger partial charge is 0.658 e. The first-order valence-electron chi connectivity index (χ1n) is 4.27. The SMILES string of the molecule is [CH3-].[Ti+2].c1ccc([N-]c2ccccc2)cc1. The molecule has 1 nitrogen and oxygen atoms in total. The van der Waals surface area contributed by atoms with Crippen molar-refractivity contribution in [1.29, 1.82) is 0 Å². The van der Waals surface area contributed by atoms with Crippen molar-refractivity contribution in [3.63, 3.8) is 0 Å². The zero-order chi connectivity index (χ0) is 8.93. The molecule has 0 fully saturated rings. The van der Waals surface area contributed by atoms with Gasteiger partial charge in [0.15, 0.2) is 0 Å². The van der Waals surface area contributed by atoms with Crippen LogP contribution in [0.2, 0.25) is 0 Å². The minimum Gasteiger partial charge on any atom is -0.658 e. The summed E-state index contributed by atoms with van der Waals surface area (Å²) in [5.74, 6) is 0. The molecule has 0 N–H and O–H groups in total. The number of benzene rings is 2. The van der Waals surface area contributed by atoms with Crippen LogP contribution in [-0.2, 0) is 21.7 Å². The summed E-state index contributed by atoms with van der Waals surface area (Å²) in [6.45, 7) is 0. The van der Waals surface area contributed by atoms with Gasteiger partial charge in [0, 0.05) is 0 Å². The fraction of sp³-hybridized carbons (Fsp3) is 0. The maximum absolute atomic E-state index is 4.44. The number of para-hydroxylation sites is 2. The zero-order valence-corrected chi connectivity index (χ0v) is 10.3. The van der Waals surface area contributed by atoms with Crippen LogP contribution in [0.3, 0.4) is 0 Å². The van der Waals surface area contributed by atoms with Gasteiger partial charge in [-0.25, -0.2) is 0 Å². The molecule has 2 rings (SSSR count). The number of nitrogens with zero attached hydrogens (tertiary/aromatic N) is 1. The van der Waals surface area contributed by atoms with Crippen LogP contribution in [-0.4, -0.2) is 0 Å². The summed E-state index contributed by atoms with van der Waals surface area (Å²) in [7, 11) is 0. The van der Waals surface area contributed by atoms with E-state index in [4.69, 9.17) is 0 Å². The van der Waals surface area contributed by atoms with Crippen molar-refractivity contribution in [3.05, 3.63) is 73.4 Å². The van der Waals surface area contributed by atoms with Crippen LogP contribution in [0, 0.1) is 7.43 Å². The molecule has 74 valence electrons. The van der Waals surface area contributed by atoms with E-state index in [1.807, 2.05) is 60.7 Å². The van der Waals surface area contributed by atoms with Crippen molar-refractivity contribution in [3.8, 4) is 0 Å². The van der Waals surface area contributed by atoms with Gasteiger partial charge in [-0.2, -0.15) is 0 Å². The summed E-state index contributed by atoms with van der Waals surface area (Å²) < 4.78 is 0. The second kappa shape index (κ2) is 7.27. The van der Waals surface area contributed by atoms with Crippen molar-refractivity contribution in [2.24, 2.45) is 0 Å². The summed E-state index contributed by atoms with van der Waals surface area (Å²) >= 11 is 0. The third-order valence-electron chi connectivity index (χ3n) is 1.77. The molecule has 0 spiro atoms. The van der Waals surface area contributed by atoms with Crippen LogP contribution in [0.5, 0.6) is 0 Å². The van der Waals surface area contributed by atoms with Gasteiger partial charge in [0.25, 0.3) is 0 Å². The zero-order valence-electron chi connectivity index (χ0n) is 8.72. The molecule has 0 aliphatic heterocycles. The fourth-order valence-electron chi connectivity index (χ4n) is 1.15. The molecule has 0 amide bonds. The Morgan fingerprint density at radius 3 is 1.27 bits per heavy atom. The van der Waals surface area contributed by atoms with Crippen molar-refractivity contribution in [2.45, 2.75) is 0 Å². The first-order chi connectivity index (χ1) is 6.45. The fourth-order valence-corrected chi connectivity index (χ4v) is 1.15. The van der Waals surface area contributed by atoms with Crippen molar-refractivity contribution in [1.82, 2.24) is 0 Å². The van der Waals surface area contributed by atoms with Gasteiger partial charge in [-0.05, 0) is 0 Å². The standard InChI is InChI=1S/C12H10N.CH3.Ti/c1-3-7-11(8-4-1)13-12-9-5-2-6-10-12;;/h1-10H;1H3;/q2*-1;+2. The normalized spacial score (nSPS) is 8.27. The Kier molecular flexibility index (Phi) is 6.77. The van der Waals surface area contributed by atoms with Crippen LogP contribution in [0.1, 0.15) is 0 Å². The maximum atomic E-state index is 4.44. The van der Waals surface area contributed by atoms with E-state index < -0.39 is 0 Å². The monoisotopic (exact) mass is 231 g/mol. The Hall–Kier alpha value is -1.05. The molecule has 0 unspecified atom stereocenters. The first-order valence-corrected chi connectivity index (χ1v) is 4.27. The second-order valence-corrected chi connectivity index (χ2v) is 2.78. The van der Waals surface area contributed by atoms with Crippen LogP contribution in [0.15, 0.2) is 60.7 Å².